The molecule has 1 aliphatic heterocycles. The van der Waals surface area contributed by atoms with Crippen molar-refractivity contribution in [3.05, 3.63) is 0 Å². The van der Waals surface area contributed by atoms with E-state index in [1.807, 2.05) is 0 Å². The Labute approximate surface area is 101 Å². The predicted molar refractivity (Wildman–Crippen MR) is 69.6 cm³/mol. The van der Waals surface area contributed by atoms with Crippen molar-refractivity contribution >= 4 is 0 Å². The molecule has 2 heteroatoms. The van der Waals surface area contributed by atoms with Crippen LogP contribution in [0.25, 0.3) is 0 Å². The van der Waals surface area contributed by atoms with E-state index < -0.39 is 0 Å². The summed E-state index contributed by atoms with van der Waals surface area (Å²) in [5, 5.41) is 3.32. The van der Waals surface area contributed by atoms with Crippen molar-refractivity contribution in [2.75, 3.05) is 26.7 Å². The molecule has 2 aliphatic rings. The summed E-state index contributed by atoms with van der Waals surface area (Å²) in [5.41, 5.74) is 0.575. The molecular formula is C14H28N2. The molecule has 94 valence electrons. The maximum atomic E-state index is 3.32. The average Bonchev–Trinajstić information content (AvgIpc) is 2.71. The van der Waals surface area contributed by atoms with Crippen molar-refractivity contribution in [3.63, 3.8) is 0 Å². The van der Waals surface area contributed by atoms with E-state index in [0.717, 1.165) is 17.9 Å². The van der Waals surface area contributed by atoms with Crippen LogP contribution in [-0.2, 0) is 0 Å². The van der Waals surface area contributed by atoms with Gasteiger partial charge in [-0.05, 0) is 56.7 Å². The number of rotatable bonds is 3. The first kappa shape index (κ1) is 12.4. The maximum Gasteiger partial charge on any atom is 0.0126 e. The molecular weight excluding hydrogens is 196 g/mol. The monoisotopic (exact) mass is 224 g/mol. The lowest BCUT2D eigenvalue weighted by molar-refractivity contribution is 0.193. The second-order valence-electron chi connectivity index (χ2n) is 6.82. The Bertz CT molecular complexity index is 237. The van der Waals surface area contributed by atoms with Crippen LogP contribution in [0, 0.1) is 17.3 Å². The smallest absolute Gasteiger partial charge is 0.0126 e. The van der Waals surface area contributed by atoms with E-state index in [4.69, 9.17) is 0 Å². The molecule has 1 aliphatic carbocycles. The topological polar surface area (TPSA) is 15.3 Å². The van der Waals surface area contributed by atoms with Crippen molar-refractivity contribution in [1.82, 2.24) is 10.2 Å². The Morgan fingerprint density at radius 2 is 2.06 bits per heavy atom. The molecule has 0 bridgehead atoms. The summed E-state index contributed by atoms with van der Waals surface area (Å²) < 4.78 is 0. The first-order chi connectivity index (χ1) is 7.52. The first-order valence-corrected chi connectivity index (χ1v) is 6.90. The first-order valence-electron chi connectivity index (χ1n) is 6.90. The minimum Gasteiger partial charge on any atom is -0.319 e. The Hall–Kier alpha value is -0.0800. The molecule has 3 unspecified atom stereocenters. The van der Waals surface area contributed by atoms with Crippen LogP contribution in [-0.4, -0.2) is 37.6 Å². The number of nitrogens with zero attached hydrogens (tertiary/aromatic N) is 1. The summed E-state index contributed by atoms with van der Waals surface area (Å²) in [4.78, 5) is 2.77. The van der Waals surface area contributed by atoms with Crippen molar-refractivity contribution in [2.24, 2.45) is 17.3 Å². The quantitative estimate of drug-likeness (QED) is 0.791. The lowest BCUT2D eigenvalue weighted by Crippen LogP contribution is -2.36. The molecule has 0 amide bonds. The maximum absolute atomic E-state index is 3.32. The SMILES string of the molecule is CNCC1CCN(C2CC(C)(C)CC2C)C1. The zero-order chi connectivity index (χ0) is 11.8. The van der Waals surface area contributed by atoms with Crippen molar-refractivity contribution in [3.8, 4) is 0 Å². The van der Waals surface area contributed by atoms with E-state index >= 15 is 0 Å². The van der Waals surface area contributed by atoms with E-state index in [1.54, 1.807) is 0 Å². The number of nitrogens with one attached hydrogen (secondary N) is 1. The van der Waals surface area contributed by atoms with Crippen LogP contribution in [0.15, 0.2) is 0 Å². The number of likely N-dealkylation sites (tertiary alicyclic amines) is 1. The molecule has 0 aromatic heterocycles. The van der Waals surface area contributed by atoms with Gasteiger partial charge in [-0.3, -0.25) is 4.90 Å². The molecule has 0 aromatic rings. The fraction of sp³-hybridized carbons (Fsp3) is 1.00. The predicted octanol–water partition coefficient (Wildman–Crippen LogP) is 2.35. The molecule has 1 N–H and O–H groups in total. The van der Waals surface area contributed by atoms with Gasteiger partial charge in [-0.1, -0.05) is 20.8 Å². The van der Waals surface area contributed by atoms with Gasteiger partial charge in [0.1, 0.15) is 0 Å². The third kappa shape index (κ3) is 2.60. The summed E-state index contributed by atoms with van der Waals surface area (Å²) in [7, 11) is 2.07. The van der Waals surface area contributed by atoms with Crippen molar-refractivity contribution in [1.29, 1.82) is 0 Å². The van der Waals surface area contributed by atoms with Gasteiger partial charge >= 0.3 is 0 Å². The molecule has 3 atom stereocenters. The minimum atomic E-state index is 0.575. The van der Waals surface area contributed by atoms with E-state index in [0.29, 0.717) is 5.41 Å². The summed E-state index contributed by atoms with van der Waals surface area (Å²) in [5.74, 6) is 1.78. The van der Waals surface area contributed by atoms with Crippen LogP contribution in [0.3, 0.4) is 0 Å². The highest BCUT2D eigenvalue weighted by molar-refractivity contribution is 4.95. The third-order valence-corrected chi connectivity index (χ3v) is 4.57. The van der Waals surface area contributed by atoms with Gasteiger partial charge in [0.05, 0.1) is 0 Å². The van der Waals surface area contributed by atoms with E-state index in [1.165, 1.54) is 38.9 Å². The summed E-state index contributed by atoms with van der Waals surface area (Å²) in [6, 6.07) is 0.858. The van der Waals surface area contributed by atoms with Gasteiger partial charge in [0, 0.05) is 12.6 Å². The van der Waals surface area contributed by atoms with Gasteiger partial charge in [-0.25, -0.2) is 0 Å². The second-order valence-corrected chi connectivity index (χ2v) is 6.82. The summed E-state index contributed by atoms with van der Waals surface area (Å²) >= 11 is 0. The lowest BCUT2D eigenvalue weighted by Gasteiger charge is -2.28. The van der Waals surface area contributed by atoms with E-state index in [-0.39, 0.29) is 0 Å². The largest absolute Gasteiger partial charge is 0.319 e. The van der Waals surface area contributed by atoms with Crippen LogP contribution in [0.5, 0.6) is 0 Å². The molecule has 2 nitrogen and oxygen atoms in total. The van der Waals surface area contributed by atoms with E-state index in [2.05, 4.69) is 38.0 Å². The van der Waals surface area contributed by atoms with Crippen LogP contribution in [0.4, 0.5) is 0 Å². The van der Waals surface area contributed by atoms with E-state index in [9.17, 15) is 0 Å². The molecule has 1 saturated carbocycles. The fourth-order valence-electron chi connectivity index (χ4n) is 3.97. The Kier molecular flexibility index (Phi) is 3.60. The standard InChI is InChI=1S/C14H28N2/c1-11-7-14(2,3)8-13(11)16-6-5-12(10-16)9-15-4/h11-13,15H,5-10H2,1-4H3. The van der Waals surface area contributed by atoms with Gasteiger partial charge < -0.3 is 5.32 Å². The molecule has 2 rings (SSSR count). The highest BCUT2D eigenvalue weighted by Crippen LogP contribution is 2.44. The fourth-order valence-corrected chi connectivity index (χ4v) is 3.97. The Morgan fingerprint density at radius 3 is 2.62 bits per heavy atom. The summed E-state index contributed by atoms with van der Waals surface area (Å²) in [6.07, 6.45) is 4.20. The molecule has 1 saturated heterocycles. The summed E-state index contributed by atoms with van der Waals surface area (Å²) in [6.45, 7) is 11.2. The zero-order valence-corrected chi connectivity index (χ0v) is 11.4. The molecule has 0 aromatic carbocycles. The van der Waals surface area contributed by atoms with Gasteiger partial charge in [-0.2, -0.15) is 0 Å². The van der Waals surface area contributed by atoms with Gasteiger partial charge in [0.25, 0.3) is 0 Å². The molecule has 1 heterocycles. The Balaban J connectivity index is 1.90. The van der Waals surface area contributed by atoms with Crippen molar-refractivity contribution in [2.45, 2.75) is 46.1 Å². The Morgan fingerprint density at radius 1 is 1.31 bits per heavy atom. The highest BCUT2D eigenvalue weighted by atomic mass is 15.2. The minimum absolute atomic E-state index is 0.575. The highest BCUT2D eigenvalue weighted by Gasteiger charge is 2.41. The lowest BCUT2D eigenvalue weighted by atomic mass is 9.91. The van der Waals surface area contributed by atoms with Crippen molar-refractivity contribution < 1.29 is 0 Å². The number of hydrogen-bond donors (Lipinski definition) is 1. The molecule has 16 heavy (non-hydrogen) atoms. The second kappa shape index (κ2) is 4.66. The van der Waals surface area contributed by atoms with Crippen LogP contribution >= 0.6 is 0 Å². The zero-order valence-electron chi connectivity index (χ0n) is 11.4. The van der Waals surface area contributed by atoms with Crippen LogP contribution in [0.1, 0.15) is 40.0 Å². The number of hydrogen-bond acceptors (Lipinski definition) is 2. The van der Waals surface area contributed by atoms with Gasteiger partial charge in [0.2, 0.25) is 0 Å². The molecule has 0 radical (unpaired) electrons. The van der Waals surface area contributed by atoms with Gasteiger partial charge in [0.15, 0.2) is 0 Å². The van der Waals surface area contributed by atoms with Gasteiger partial charge in [-0.15, -0.1) is 0 Å². The normalized spacial score (nSPS) is 39.4. The van der Waals surface area contributed by atoms with Crippen LogP contribution < -0.4 is 5.32 Å². The average molecular weight is 224 g/mol. The third-order valence-electron chi connectivity index (χ3n) is 4.57. The van der Waals surface area contributed by atoms with Crippen LogP contribution in [0.2, 0.25) is 0 Å². The molecule has 0 spiro atoms. The molecule has 2 fully saturated rings.